The molecule has 12 heavy (non-hydrogen) atoms. The maximum absolute atomic E-state index is 10.4. The van der Waals surface area contributed by atoms with Crippen molar-refractivity contribution in [1.29, 1.82) is 0 Å². The van der Waals surface area contributed by atoms with Crippen LogP contribution in [0.3, 0.4) is 0 Å². The van der Waals surface area contributed by atoms with Gasteiger partial charge in [-0.25, -0.2) is 0 Å². The van der Waals surface area contributed by atoms with E-state index in [2.05, 4.69) is 0 Å². The number of carboxylic acids is 1. The zero-order valence-corrected chi connectivity index (χ0v) is 7.70. The molecule has 4 N–H and O–H groups in total. The van der Waals surface area contributed by atoms with Gasteiger partial charge in [0.2, 0.25) is 0 Å². The number of nitrogens with two attached hydrogens (primary N) is 1. The lowest BCUT2D eigenvalue weighted by Crippen LogP contribution is -2.30. The van der Waals surface area contributed by atoms with E-state index in [0.29, 0.717) is 6.42 Å². The van der Waals surface area contributed by atoms with E-state index in [1.807, 2.05) is 0 Å². The highest BCUT2D eigenvalue weighted by Crippen LogP contribution is 2.25. The third-order valence-corrected chi connectivity index (χ3v) is 2.60. The summed E-state index contributed by atoms with van der Waals surface area (Å²) >= 11 is 0. The molecular formula is C6H13NO4P+. The minimum absolute atomic E-state index is 0.234. The Bertz CT molecular complexity index is 164. The van der Waals surface area contributed by atoms with Gasteiger partial charge in [0.25, 0.3) is 0 Å². The molecule has 0 radical (unpaired) electrons. The van der Waals surface area contributed by atoms with Crippen LogP contribution in [-0.4, -0.2) is 27.7 Å². The molecule has 0 spiro atoms. The van der Waals surface area contributed by atoms with Crippen LogP contribution in [0.25, 0.3) is 0 Å². The number of carbonyl (C=O) groups is 1. The van der Waals surface area contributed by atoms with Crippen molar-refractivity contribution in [2.24, 2.45) is 5.73 Å². The normalized spacial score (nSPS) is 16.8. The first kappa shape index (κ1) is 11.5. The molecule has 0 aliphatic rings. The third-order valence-electron chi connectivity index (χ3n) is 1.59. The van der Waals surface area contributed by atoms with Crippen LogP contribution >= 0.6 is 8.03 Å². The van der Waals surface area contributed by atoms with Crippen molar-refractivity contribution < 1.29 is 19.4 Å². The lowest BCUT2D eigenvalue weighted by atomic mass is 10.1. The first-order valence-electron chi connectivity index (χ1n) is 3.58. The average Bonchev–Trinajstić information content (AvgIpc) is 1.98. The van der Waals surface area contributed by atoms with Gasteiger partial charge in [-0.2, -0.15) is 4.89 Å². The van der Waals surface area contributed by atoms with E-state index in [1.54, 1.807) is 6.92 Å². The number of carboxylic acid groups (broad SMARTS) is 1. The van der Waals surface area contributed by atoms with Crippen molar-refractivity contribution in [2.75, 3.05) is 0 Å². The second-order valence-corrected chi connectivity index (χ2v) is 4.16. The van der Waals surface area contributed by atoms with Crippen LogP contribution in [0.2, 0.25) is 0 Å². The summed E-state index contributed by atoms with van der Waals surface area (Å²) in [7, 11) is -2.21. The predicted molar refractivity (Wildman–Crippen MR) is 44.1 cm³/mol. The molecular weight excluding hydrogens is 181 g/mol. The Labute approximate surface area is 71.4 Å². The Kier molecular flexibility index (Phi) is 4.97. The molecule has 0 aromatic carbocycles. The number of rotatable bonds is 5. The largest absolute Gasteiger partial charge is 0.508 e. The van der Waals surface area contributed by atoms with Gasteiger partial charge in [0.15, 0.2) is 5.66 Å². The first-order chi connectivity index (χ1) is 5.45. The summed E-state index contributed by atoms with van der Waals surface area (Å²) in [4.78, 5) is 18.8. The molecule has 0 aliphatic carbocycles. The van der Waals surface area contributed by atoms with Crippen molar-refractivity contribution in [3.8, 4) is 0 Å². The Hall–Kier alpha value is -0.510. The quantitative estimate of drug-likeness (QED) is 0.546. The Balaban J connectivity index is 3.68. The number of hydrogen-bond donors (Lipinski definition) is 3. The molecule has 0 saturated heterocycles. The molecule has 70 valence electrons. The Morgan fingerprint density at radius 3 is 2.42 bits per heavy atom. The lowest BCUT2D eigenvalue weighted by molar-refractivity contribution is -0.138. The molecule has 3 unspecified atom stereocenters. The molecule has 0 bridgehead atoms. The summed E-state index contributed by atoms with van der Waals surface area (Å²) in [6.07, 6.45) is 0.595. The molecule has 0 heterocycles. The minimum Gasteiger partial charge on any atom is -0.480 e. The van der Waals surface area contributed by atoms with Gasteiger partial charge < -0.3 is 10.8 Å². The molecule has 0 amide bonds. The van der Waals surface area contributed by atoms with E-state index in [0.717, 1.165) is 0 Å². The molecule has 0 saturated carbocycles. The Morgan fingerprint density at radius 1 is 1.58 bits per heavy atom. The Morgan fingerprint density at radius 2 is 2.08 bits per heavy atom. The van der Waals surface area contributed by atoms with Crippen molar-refractivity contribution >= 4 is 14.0 Å². The van der Waals surface area contributed by atoms with Gasteiger partial charge >= 0.3 is 14.0 Å². The highest BCUT2D eigenvalue weighted by atomic mass is 31.1. The summed E-state index contributed by atoms with van der Waals surface area (Å²) in [6.45, 7) is 1.59. The zero-order valence-electron chi connectivity index (χ0n) is 6.80. The molecule has 0 aromatic rings. The van der Waals surface area contributed by atoms with Gasteiger partial charge in [0.05, 0.1) is 0 Å². The highest BCUT2D eigenvalue weighted by molar-refractivity contribution is 7.38. The van der Waals surface area contributed by atoms with E-state index in [9.17, 15) is 9.36 Å². The van der Waals surface area contributed by atoms with Gasteiger partial charge in [-0.05, 0) is 24.3 Å². The molecule has 3 atom stereocenters. The van der Waals surface area contributed by atoms with E-state index >= 15 is 0 Å². The third kappa shape index (κ3) is 4.38. The average molecular weight is 194 g/mol. The summed E-state index contributed by atoms with van der Waals surface area (Å²) < 4.78 is 10.4. The van der Waals surface area contributed by atoms with Crippen LogP contribution in [0.5, 0.6) is 0 Å². The van der Waals surface area contributed by atoms with Gasteiger partial charge in [-0.3, -0.25) is 4.79 Å². The fourth-order valence-electron chi connectivity index (χ4n) is 0.655. The summed E-state index contributed by atoms with van der Waals surface area (Å²) in [5, 5.41) is 8.37. The maximum Gasteiger partial charge on any atom is 0.508 e. The van der Waals surface area contributed by atoms with Crippen LogP contribution in [-0.2, 0) is 9.36 Å². The van der Waals surface area contributed by atoms with Crippen LogP contribution < -0.4 is 5.73 Å². The van der Waals surface area contributed by atoms with E-state index in [-0.39, 0.29) is 12.1 Å². The molecule has 0 rings (SSSR count). The second-order valence-electron chi connectivity index (χ2n) is 2.67. The van der Waals surface area contributed by atoms with Crippen LogP contribution in [0.1, 0.15) is 19.8 Å². The van der Waals surface area contributed by atoms with Gasteiger partial charge in [0, 0.05) is 0 Å². The predicted octanol–water partition coefficient (Wildman–Crippen LogP) is 0.302. The van der Waals surface area contributed by atoms with Crippen LogP contribution in [0.4, 0.5) is 0 Å². The zero-order chi connectivity index (χ0) is 9.72. The molecule has 0 fully saturated rings. The van der Waals surface area contributed by atoms with Gasteiger partial charge in [0.1, 0.15) is 6.04 Å². The highest BCUT2D eigenvalue weighted by Gasteiger charge is 2.24. The molecule has 0 aliphatic heterocycles. The number of aliphatic carboxylic acids is 1. The number of hydrogen-bond acceptors (Lipinski definition) is 3. The van der Waals surface area contributed by atoms with E-state index in [1.165, 1.54) is 0 Å². The van der Waals surface area contributed by atoms with Crippen molar-refractivity contribution in [3.05, 3.63) is 0 Å². The SMILES string of the molecule is CC(CCC(N)C(=O)O)[P+](=O)O. The van der Waals surface area contributed by atoms with Crippen molar-refractivity contribution in [2.45, 2.75) is 31.5 Å². The second kappa shape index (κ2) is 5.19. The standard InChI is InChI=1S/C6H12NO4P/c1-4(12(10)11)2-3-5(7)6(8)9/h4-5H,2-3,7H2,1H3,(H-,8,9,10,11)/p+1. The summed E-state index contributed by atoms with van der Waals surface area (Å²) in [5.74, 6) is -1.07. The summed E-state index contributed by atoms with van der Waals surface area (Å²) in [6, 6.07) is -0.928. The minimum atomic E-state index is -2.21. The fraction of sp³-hybridized carbons (Fsp3) is 0.833. The molecule has 6 heteroatoms. The van der Waals surface area contributed by atoms with Crippen molar-refractivity contribution in [3.63, 3.8) is 0 Å². The van der Waals surface area contributed by atoms with Gasteiger partial charge in [-0.1, -0.05) is 0 Å². The van der Waals surface area contributed by atoms with Crippen molar-refractivity contribution in [1.82, 2.24) is 0 Å². The lowest BCUT2D eigenvalue weighted by Gasteiger charge is -2.04. The topological polar surface area (TPSA) is 101 Å². The van der Waals surface area contributed by atoms with Gasteiger partial charge in [-0.15, -0.1) is 0 Å². The maximum atomic E-state index is 10.4. The van der Waals surface area contributed by atoms with Crippen LogP contribution in [0.15, 0.2) is 0 Å². The van der Waals surface area contributed by atoms with Crippen LogP contribution in [0, 0.1) is 0 Å². The summed E-state index contributed by atoms with van der Waals surface area (Å²) in [5.41, 5.74) is 4.81. The fourth-order valence-corrected chi connectivity index (χ4v) is 1.02. The van der Waals surface area contributed by atoms with E-state index in [4.69, 9.17) is 15.7 Å². The molecule has 5 nitrogen and oxygen atoms in total. The molecule has 0 aromatic heterocycles. The smallest absolute Gasteiger partial charge is 0.480 e. The van der Waals surface area contributed by atoms with E-state index < -0.39 is 20.0 Å². The monoisotopic (exact) mass is 194 g/mol. The first-order valence-corrected chi connectivity index (χ1v) is 4.87.